The summed E-state index contributed by atoms with van der Waals surface area (Å²) in [6.45, 7) is 0.631. The SMILES string of the molecule is N#Cc1cccnc1NCCc1coc(-c2ccccc2)n1. The zero-order valence-corrected chi connectivity index (χ0v) is 11.9. The maximum atomic E-state index is 9.01. The molecule has 108 valence electrons. The number of rotatable bonds is 5. The number of nitriles is 1. The van der Waals surface area contributed by atoms with Crippen LogP contribution in [0.2, 0.25) is 0 Å². The molecule has 0 amide bonds. The first-order valence-electron chi connectivity index (χ1n) is 6.95. The van der Waals surface area contributed by atoms with E-state index in [-0.39, 0.29) is 0 Å². The maximum absolute atomic E-state index is 9.01. The molecule has 5 nitrogen and oxygen atoms in total. The standard InChI is InChI=1S/C17H14N4O/c18-11-14-7-4-9-19-16(14)20-10-8-15-12-22-17(21-15)13-5-2-1-3-6-13/h1-7,9,12H,8,10H2,(H,19,20). The van der Waals surface area contributed by atoms with Gasteiger partial charge in [-0.15, -0.1) is 0 Å². The fourth-order valence-electron chi connectivity index (χ4n) is 2.08. The van der Waals surface area contributed by atoms with Gasteiger partial charge in [0.1, 0.15) is 18.2 Å². The zero-order valence-electron chi connectivity index (χ0n) is 11.9. The van der Waals surface area contributed by atoms with Gasteiger partial charge in [-0.3, -0.25) is 0 Å². The minimum atomic E-state index is 0.535. The van der Waals surface area contributed by atoms with Crippen LogP contribution in [0.3, 0.4) is 0 Å². The van der Waals surface area contributed by atoms with Crippen LogP contribution in [0, 0.1) is 11.3 Å². The third-order valence-electron chi connectivity index (χ3n) is 3.17. The fourth-order valence-corrected chi connectivity index (χ4v) is 2.08. The van der Waals surface area contributed by atoms with Crippen molar-refractivity contribution < 1.29 is 4.42 Å². The largest absolute Gasteiger partial charge is 0.444 e. The lowest BCUT2D eigenvalue weighted by Gasteiger charge is -2.04. The Morgan fingerprint density at radius 2 is 2.00 bits per heavy atom. The normalized spacial score (nSPS) is 10.1. The highest BCUT2D eigenvalue weighted by Crippen LogP contribution is 2.18. The van der Waals surface area contributed by atoms with Crippen LogP contribution in [0.25, 0.3) is 11.5 Å². The molecular weight excluding hydrogens is 276 g/mol. The van der Waals surface area contributed by atoms with Crippen molar-refractivity contribution in [2.24, 2.45) is 0 Å². The van der Waals surface area contributed by atoms with Crippen molar-refractivity contribution in [1.29, 1.82) is 5.26 Å². The van der Waals surface area contributed by atoms with E-state index in [9.17, 15) is 0 Å². The first kappa shape index (κ1) is 13.8. The van der Waals surface area contributed by atoms with E-state index in [1.807, 2.05) is 30.3 Å². The Bertz CT molecular complexity index is 790. The van der Waals surface area contributed by atoms with Crippen molar-refractivity contribution in [1.82, 2.24) is 9.97 Å². The monoisotopic (exact) mass is 290 g/mol. The van der Waals surface area contributed by atoms with Gasteiger partial charge in [0.25, 0.3) is 0 Å². The van der Waals surface area contributed by atoms with Crippen LogP contribution in [0.5, 0.6) is 0 Å². The quantitative estimate of drug-likeness (QED) is 0.780. The molecule has 2 heterocycles. The Morgan fingerprint density at radius 3 is 2.82 bits per heavy atom. The van der Waals surface area contributed by atoms with E-state index in [1.165, 1.54) is 0 Å². The summed E-state index contributed by atoms with van der Waals surface area (Å²) in [7, 11) is 0. The lowest BCUT2D eigenvalue weighted by Crippen LogP contribution is -2.07. The number of hydrogen-bond donors (Lipinski definition) is 1. The van der Waals surface area contributed by atoms with Gasteiger partial charge in [0.05, 0.1) is 11.3 Å². The molecule has 0 saturated heterocycles. The number of anilines is 1. The molecule has 0 saturated carbocycles. The van der Waals surface area contributed by atoms with Gasteiger partial charge in [-0.25, -0.2) is 9.97 Å². The molecule has 0 aliphatic rings. The molecule has 1 N–H and O–H groups in total. The summed E-state index contributed by atoms with van der Waals surface area (Å²) >= 11 is 0. The van der Waals surface area contributed by atoms with Gasteiger partial charge in [-0.05, 0) is 24.3 Å². The number of benzene rings is 1. The Balaban J connectivity index is 1.61. The molecule has 0 spiro atoms. The van der Waals surface area contributed by atoms with Gasteiger partial charge in [0.15, 0.2) is 0 Å². The zero-order chi connectivity index (χ0) is 15.2. The fraction of sp³-hybridized carbons (Fsp3) is 0.118. The average molecular weight is 290 g/mol. The van der Waals surface area contributed by atoms with Crippen LogP contribution < -0.4 is 5.32 Å². The molecule has 0 aliphatic carbocycles. The molecule has 22 heavy (non-hydrogen) atoms. The number of nitrogens with zero attached hydrogens (tertiary/aromatic N) is 3. The summed E-state index contributed by atoms with van der Waals surface area (Å²) in [6, 6.07) is 15.4. The molecule has 0 aliphatic heterocycles. The second-order valence-corrected chi connectivity index (χ2v) is 4.70. The van der Waals surface area contributed by atoms with Gasteiger partial charge >= 0.3 is 0 Å². The minimum absolute atomic E-state index is 0.535. The molecule has 0 radical (unpaired) electrons. The van der Waals surface area contributed by atoms with E-state index < -0.39 is 0 Å². The van der Waals surface area contributed by atoms with Gasteiger partial charge in [-0.1, -0.05) is 18.2 Å². The number of pyridine rings is 1. The third-order valence-corrected chi connectivity index (χ3v) is 3.17. The van der Waals surface area contributed by atoms with Crippen molar-refractivity contribution in [3.05, 3.63) is 66.2 Å². The Hall–Kier alpha value is -3.13. The number of oxazole rings is 1. The van der Waals surface area contributed by atoms with Gasteiger partial charge < -0.3 is 9.73 Å². The maximum Gasteiger partial charge on any atom is 0.226 e. The van der Waals surface area contributed by atoms with Gasteiger partial charge in [0, 0.05) is 24.7 Å². The summed E-state index contributed by atoms with van der Waals surface area (Å²) in [5.41, 5.74) is 2.35. The summed E-state index contributed by atoms with van der Waals surface area (Å²) in [5, 5.41) is 12.2. The van der Waals surface area contributed by atoms with E-state index in [0.29, 0.717) is 30.2 Å². The Morgan fingerprint density at radius 1 is 1.14 bits per heavy atom. The van der Waals surface area contributed by atoms with E-state index in [2.05, 4.69) is 21.4 Å². The molecule has 0 bridgehead atoms. The summed E-state index contributed by atoms with van der Waals surface area (Å²) in [4.78, 5) is 8.62. The lowest BCUT2D eigenvalue weighted by atomic mass is 10.2. The van der Waals surface area contributed by atoms with Crippen LogP contribution in [0.1, 0.15) is 11.3 Å². The summed E-state index contributed by atoms with van der Waals surface area (Å²) < 4.78 is 5.49. The van der Waals surface area contributed by atoms with Crippen LogP contribution in [0.15, 0.2) is 59.3 Å². The van der Waals surface area contributed by atoms with Crippen LogP contribution in [0.4, 0.5) is 5.82 Å². The highest BCUT2D eigenvalue weighted by atomic mass is 16.3. The van der Waals surface area contributed by atoms with Crippen LogP contribution in [-0.2, 0) is 6.42 Å². The van der Waals surface area contributed by atoms with Crippen molar-refractivity contribution in [2.45, 2.75) is 6.42 Å². The second kappa shape index (κ2) is 6.55. The number of hydrogen-bond acceptors (Lipinski definition) is 5. The Labute approximate surface area is 128 Å². The molecule has 0 unspecified atom stereocenters. The molecule has 2 aromatic heterocycles. The second-order valence-electron chi connectivity index (χ2n) is 4.70. The first-order chi connectivity index (χ1) is 10.9. The highest BCUT2D eigenvalue weighted by Gasteiger charge is 2.07. The van der Waals surface area contributed by atoms with E-state index in [0.717, 1.165) is 11.3 Å². The number of nitrogens with one attached hydrogen (secondary N) is 1. The predicted octanol–water partition coefficient (Wildman–Crippen LogP) is 3.26. The van der Waals surface area contributed by atoms with Gasteiger partial charge in [-0.2, -0.15) is 5.26 Å². The Kier molecular flexibility index (Phi) is 4.12. The third kappa shape index (κ3) is 3.13. The van der Waals surface area contributed by atoms with Crippen molar-refractivity contribution >= 4 is 5.82 Å². The summed E-state index contributed by atoms with van der Waals surface area (Å²) in [6.07, 6.45) is 4.01. The lowest BCUT2D eigenvalue weighted by molar-refractivity contribution is 0.572. The van der Waals surface area contributed by atoms with Crippen molar-refractivity contribution in [3.63, 3.8) is 0 Å². The molecule has 3 rings (SSSR count). The van der Waals surface area contributed by atoms with Gasteiger partial charge in [0.2, 0.25) is 5.89 Å². The molecular formula is C17H14N4O. The minimum Gasteiger partial charge on any atom is -0.444 e. The van der Waals surface area contributed by atoms with E-state index in [1.54, 1.807) is 24.6 Å². The molecule has 3 aromatic rings. The van der Waals surface area contributed by atoms with Crippen molar-refractivity contribution in [3.8, 4) is 17.5 Å². The molecule has 1 aromatic carbocycles. The predicted molar refractivity (Wildman–Crippen MR) is 83.1 cm³/mol. The van der Waals surface area contributed by atoms with E-state index >= 15 is 0 Å². The molecule has 5 heteroatoms. The average Bonchev–Trinajstić information content (AvgIpc) is 3.05. The van der Waals surface area contributed by atoms with Crippen LogP contribution >= 0.6 is 0 Å². The van der Waals surface area contributed by atoms with Crippen molar-refractivity contribution in [2.75, 3.05) is 11.9 Å². The van der Waals surface area contributed by atoms with E-state index in [4.69, 9.17) is 9.68 Å². The molecule has 0 fully saturated rings. The summed E-state index contributed by atoms with van der Waals surface area (Å²) in [5.74, 6) is 1.21. The first-order valence-corrected chi connectivity index (χ1v) is 6.95. The topological polar surface area (TPSA) is 74.7 Å². The molecule has 0 atom stereocenters. The van der Waals surface area contributed by atoms with Crippen LogP contribution in [-0.4, -0.2) is 16.5 Å². The number of aromatic nitrogens is 2. The smallest absolute Gasteiger partial charge is 0.226 e. The highest BCUT2D eigenvalue weighted by molar-refractivity contribution is 5.53.